The highest BCUT2D eigenvalue weighted by Gasteiger charge is 2.87. The molecule has 2 aromatic rings. The van der Waals surface area contributed by atoms with E-state index in [0.29, 0.717) is 5.92 Å². The van der Waals surface area contributed by atoms with E-state index in [1.165, 1.54) is 22.2 Å². The first kappa shape index (κ1) is 24.2. The monoisotopic (exact) mass is 535 g/mol. The van der Waals surface area contributed by atoms with Crippen LogP contribution in [-0.2, 0) is 35.5 Å². The lowest BCUT2D eigenvalue weighted by atomic mass is 9.40. The molecule has 39 heavy (non-hydrogen) atoms. The summed E-state index contributed by atoms with van der Waals surface area (Å²) in [5, 5.41) is 14.5. The lowest BCUT2D eigenvalue weighted by molar-refractivity contribution is -0.356. The van der Waals surface area contributed by atoms with Crippen LogP contribution in [0.4, 0.5) is 0 Å². The summed E-state index contributed by atoms with van der Waals surface area (Å²) in [6, 6.07) is 8.67. The lowest BCUT2D eigenvalue weighted by Gasteiger charge is -2.66. The van der Waals surface area contributed by atoms with E-state index in [9.17, 15) is 5.11 Å². The van der Waals surface area contributed by atoms with Gasteiger partial charge in [0.1, 0.15) is 30.0 Å². The zero-order valence-corrected chi connectivity index (χ0v) is 23.9. The number of rotatable bonds is 1. The Balaban J connectivity index is 1.13. The summed E-state index contributed by atoms with van der Waals surface area (Å²) in [6.45, 7) is 13.1. The van der Waals surface area contributed by atoms with Crippen molar-refractivity contribution in [1.29, 1.82) is 0 Å². The van der Waals surface area contributed by atoms with Gasteiger partial charge in [0.2, 0.25) is 0 Å². The highest BCUT2D eigenvalue weighted by Crippen LogP contribution is 2.75. The fraction of sp³-hybridized carbons (Fsp3) is 0.750. The second kappa shape index (κ2) is 6.77. The van der Waals surface area contributed by atoms with Gasteiger partial charge in [-0.1, -0.05) is 32.0 Å². The van der Waals surface area contributed by atoms with Crippen LogP contribution >= 0.6 is 0 Å². The van der Waals surface area contributed by atoms with Crippen molar-refractivity contribution < 1.29 is 28.8 Å². The number of H-pyrrole nitrogens is 1. The van der Waals surface area contributed by atoms with Crippen LogP contribution < -0.4 is 0 Å². The third-order valence-corrected chi connectivity index (χ3v) is 12.8. The Labute approximate surface area is 229 Å². The molecule has 6 fully saturated rings. The van der Waals surface area contributed by atoms with Crippen LogP contribution in [0.15, 0.2) is 24.3 Å². The predicted molar refractivity (Wildman–Crippen MR) is 143 cm³/mol. The van der Waals surface area contributed by atoms with Crippen LogP contribution in [0.5, 0.6) is 0 Å². The third kappa shape index (κ3) is 2.52. The van der Waals surface area contributed by atoms with Gasteiger partial charge in [0, 0.05) is 27.4 Å². The number of hydrogen-bond acceptors (Lipinski definition) is 6. The Kier molecular flexibility index (Phi) is 4.19. The fourth-order valence-corrected chi connectivity index (χ4v) is 10.4. The molecule has 4 aliphatic heterocycles. The van der Waals surface area contributed by atoms with Gasteiger partial charge in [-0.3, -0.25) is 0 Å². The molecule has 2 N–H and O–H groups in total. The van der Waals surface area contributed by atoms with E-state index < -0.39 is 23.1 Å². The Bertz CT molecular complexity index is 1420. The minimum Gasteiger partial charge on any atom is -0.386 e. The quantitative estimate of drug-likeness (QED) is 0.522. The Hall–Kier alpha value is -1.48. The number of para-hydroxylation sites is 1. The minimum absolute atomic E-state index is 0.113. The highest BCUT2D eigenvalue weighted by molar-refractivity contribution is 5.86. The zero-order chi connectivity index (χ0) is 27.0. The van der Waals surface area contributed by atoms with E-state index in [1.54, 1.807) is 0 Å². The summed E-state index contributed by atoms with van der Waals surface area (Å²) in [7, 11) is 0. The molecule has 1 spiro atoms. The maximum atomic E-state index is 13.1. The van der Waals surface area contributed by atoms with E-state index >= 15 is 0 Å². The van der Waals surface area contributed by atoms with Gasteiger partial charge in [-0.05, 0) is 77.3 Å². The topological polar surface area (TPSA) is 88.8 Å². The molecule has 1 unspecified atom stereocenters. The van der Waals surface area contributed by atoms with Crippen molar-refractivity contribution in [2.75, 3.05) is 0 Å². The SMILES string of the molecule is CC1(C)OC1[C@@H]1O[C@H]2[C@H]3O[C@@]34[C@H](CC[C@@]3(C)[C@@]4(O)CC[C@H]4Cc5c([nH]c6ccccc56)[C@@]43C)O[C@@H]2C(C)(C)O1. The smallest absolute Gasteiger partial charge is 0.187 e. The van der Waals surface area contributed by atoms with Gasteiger partial charge in [-0.2, -0.15) is 0 Å². The number of aliphatic hydroxyl groups is 1. The second-order valence-electron chi connectivity index (χ2n) is 15.1. The number of fused-ring (bicyclic) bond motifs is 9. The summed E-state index contributed by atoms with van der Waals surface area (Å²) in [5.74, 6) is 0.493. The first-order valence-electron chi connectivity index (χ1n) is 15.0. The summed E-state index contributed by atoms with van der Waals surface area (Å²) in [5.41, 5.74) is 0.803. The molecule has 7 aliphatic rings. The average molecular weight is 536 g/mol. The van der Waals surface area contributed by atoms with Crippen LogP contribution in [0.2, 0.25) is 0 Å². The Morgan fingerprint density at radius 1 is 0.846 bits per heavy atom. The number of ether oxygens (including phenoxy) is 5. The van der Waals surface area contributed by atoms with Gasteiger partial charge in [-0.15, -0.1) is 0 Å². The van der Waals surface area contributed by atoms with Gasteiger partial charge in [0.25, 0.3) is 0 Å². The van der Waals surface area contributed by atoms with Gasteiger partial charge in [-0.25, -0.2) is 0 Å². The molecule has 0 amide bonds. The molecule has 4 saturated heterocycles. The fourth-order valence-electron chi connectivity index (χ4n) is 10.4. The maximum absolute atomic E-state index is 13.1. The first-order chi connectivity index (χ1) is 18.4. The van der Waals surface area contributed by atoms with Crippen molar-refractivity contribution in [3.05, 3.63) is 35.5 Å². The summed E-state index contributed by atoms with van der Waals surface area (Å²) >= 11 is 0. The summed E-state index contributed by atoms with van der Waals surface area (Å²) in [6.07, 6.45) is 2.96. The standard InChI is InChI=1S/C32H41NO6/c1-27(2)23-21(36-26(39-27)25-28(3,4)37-25)24-32(38-24)20(35-23)12-13-29(5)30(6)16(11-14-31(29,32)34)15-18-17-9-7-8-10-19(17)33-22(18)30/h7-10,16,20-21,23-26,33-34H,11-15H2,1-6H3/t16-,20-,21+,23-,24+,25?,26+,29+,30+,31-,32-/m0/s1. The zero-order valence-electron chi connectivity index (χ0n) is 23.9. The van der Waals surface area contributed by atoms with Crippen molar-refractivity contribution in [2.24, 2.45) is 11.3 Å². The molecule has 9 rings (SSSR count). The lowest BCUT2D eigenvalue weighted by Crippen LogP contribution is -2.77. The highest BCUT2D eigenvalue weighted by atomic mass is 16.8. The number of benzene rings is 1. The van der Waals surface area contributed by atoms with Gasteiger partial charge in [0.05, 0.1) is 17.3 Å². The molecule has 2 saturated carbocycles. The number of epoxide rings is 2. The van der Waals surface area contributed by atoms with E-state index in [4.69, 9.17) is 23.7 Å². The first-order valence-corrected chi connectivity index (χ1v) is 15.0. The molecule has 0 radical (unpaired) electrons. The predicted octanol–water partition coefficient (Wildman–Crippen LogP) is 4.53. The van der Waals surface area contributed by atoms with Gasteiger partial charge >= 0.3 is 0 Å². The molecule has 0 bridgehead atoms. The molecular weight excluding hydrogens is 494 g/mol. The van der Waals surface area contributed by atoms with Crippen molar-refractivity contribution in [1.82, 2.24) is 4.98 Å². The summed E-state index contributed by atoms with van der Waals surface area (Å²) < 4.78 is 32.7. The van der Waals surface area contributed by atoms with Crippen LogP contribution in [0.3, 0.4) is 0 Å². The largest absolute Gasteiger partial charge is 0.386 e. The number of aromatic amines is 1. The Morgan fingerprint density at radius 3 is 2.36 bits per heavy atom. The van der Waals surface area contributed by atoms with Gasteiger partial charge < -0.3 is 33.8 Å². The Morgan fingerprint density at radius 2 is 1.59 bits per heavy atom. The van der Waals surface area contributed by atoms with Crippen LogP contribution in [0, 0.1) is 11.3 Å². The van der Waals surface area contributed by atoms with E-state index in [2.05, 4.69) is 70.8 Å². The molecule has 1 aromatic heterocycles. The number of hydrogen-bond donors (Lipinski definition) is 2. The van der Waals surface area contributed by atoms with Crippen LogP contribution in [0.1, 0.15) is 78.5 Å². The normalized spacial score (nSPS) is 53.6. The minimum atomic E-state index is -1.03. The van der Waals surface area contributed by atoms with E-state index in [0.717, 1.165) is 32.1 Å². The molecule has 5 heterocycles. The van der Waals surface area contributed by atoms with Crippen molar-refractivity contribution in [2.45, 2.75) is 138 Å². The molecule has 1 aromatic carbocycles. The average Bonchev–Trinajstić information content (AvgIpc) is 3.71. The van der Waals surface area contributed by atoms with Crippen molar-refractivity contribution in [3.8, 4) is 0 Å². The summed E-state index contributed by atoms with van der Waals surface area (Å²) in [4.78, 5) is 3.84. The molecule has 210 valence electrons. The molecule has 7 heteroatoms. The van der Waals surface area contributed by atoms with Crippen LogP contribution in [-0.4, -0.2) is 69.3 Å². The van der Waals surface area contributed by atoms with E-state index in [1.807, 2.05) is 0 Å². The van der Waals surface area contributed by atoms with Gasteiger partial charge in [0.15, 0.2) is 11.9 Å². The maximum Gasteiger partial charge on any atom is 0.187 e. The molecular formula is C32H41NO6. The van der Waals surface area contributed by atoms with Crippen molar-refractivity contribution >= 4 is 10.9 Å². The molecule has 3 aliphatic carbocycles. The molecule has 7 nitrogen and oxygen atoms in total. The van der Waals surface area contributed by atoms with Crippen molar-refractivity contribution in [3.63, 3.8) is 0 Å². The number of aromatic nitrogens is 1. The second-order valence-corrected chi connectivity index (χ2v) is 15.1. The number of nitrogens with one attached hydrogen (secondary N) is 1. The molecule has 11 atom stereocenters. The van der Waals surface area contributed by atoms with Crippen LogP contribution in [0.25, 0.3) is 10.9 Å². The third-order valence-electron chi connectivity index (χ3n) is 12.8. The van der Waals surface area contributed by atoms with E-state index in [-0.39, 0.29) is 47.0 Å².